The van der Waals surface area contributed by atoms with E-state index in [-0.39, 0.29) is 0 Å². The van der Waals surface area contributed by atoms with Crippen LogP contribution in [0, 0.1) is 0 Å². The van der Waals surface area contributed by atoms with Gasteiger partial charge in [-0.25, -0.2) is 0 Å². The fraction of sp³-hybridized carbons (Fsp3) is 0.400. The first-order chi connectivity index (χ1) is 21.2. The Morgan fingerprint density at radius 3 is 0.884 bits per heavy atom. The summed E-state index contributed by atoms with van der Waals surface area (Å²) < 4.78 is 9.56. The molecule has 0 nitrogen and oxygen atoms in total. The van der Waals surface area contributed by atoms with Crippen LogP contribution in [0.3, 0.4) is 0 Å². The zero-order valence-electron chi connectivity index (χ0n) is 26.9. The summed E-state index contributed by atoms with van der Waals surface area (Å²) in [5, 5.41) is 0. The van der Waals surface area contributed by atoms with Gasteiger partial charge in [0.05, 0.1) is 0 Å². The molecule has 0 aliphatic rings. The number of benzene rings is 4. The topological polar surface area (TPSA) is 0 Å². The van der Waals surface area contributed by atoms with Crippen molar-refractivity contribution in [1.29, 1.82) is 0 Å². The van der Waals surface area contributed by atoms with Crippen LogP contribution in [-0.2, 0) is 0 Å². The van der Waals surface area contributed by atoms with Gasteiger partial charge in [-0.05, 0) is 0 Å². The average Bonchev–Trinajstić information content (AvgIpc) is 3.08. The van der Waals surface area contributed by atoms with E-state index in [0.29, 0.717) is 0 Å². The van der Waals surface area contributed by atoms with Crippen molar-refractivity contribution in [2.75, 3.05) is 0 Å². The van der Waals surface area contributed by atoms with E-state index in [2.05, 4.69) is 141 Å². The van der Waals surface area contributed by atoms with Gasteiger partial charge in [-0.15, -0.1) is 0 Å². The SMILES string of the molecule is CCCCCCC[CH2][Sn]([S][Sn]([CH2]CCCCCCC)([c]1ccccc1)[c]1ccccc1)([c]1ccccc1)[c]1ccccc1. The second-order valence-electron chi connectivity index (χ2n) is 12.3. The summed E-state index contributed by atoms with van der Waals surface area (Å²) in [6.45, 7) is 4.65. The Labute approximate surface area is 273 Å². The van der Waals surface area contributed by atoms with E-state index in [1.807, 2.05) is 0 Å². The molecule has 0 saturated carbocycles. The van der Waals surface area contributed by atoms with Gasteiger partial charge in [-0.3, -0.25) is 0 Å². The van der Waals surface area contributed by atoms with Crippen LogP contribution in [0.5, 0.6) is 0 Å². The van der Waals surface area contributed by atoms with E-state index in [9.17, 15) is 0 Å². The summed E-state index contributed by atoms with van der Waals surface area (Å²) in [4.78, 5) is 0. The van der Waals surface area contributed by atoms with Gasteiger partial charge in [0, 0.05) is 0 Å². The fourth-order valence-corrected chi connectivity index (χ4v) is 115. The Balaban J connectivity index is 1.84. The van der Waals surface area contributed by atoms with E-state index in [4.69, 9.17) is 0 Å². The minimum absolute atomic E-state index is 1.32. The molecule has 0 bridgehead atoms. The molecule has 43 heavy (non-hydrogen) atoms. The second-order valence-corrected chi connectivity index (χ2v) is 54.2. The fourth-order valence-electron chi connectivity index (χ4n) is 6.68. The molecule has 0 atom stereocenters. The molecule has 0 unspecified atom stereocenters. The van der Waals surface area contributed by atoms with Gasteiger partial charge >= 0.3 is 276 Å². The Bertz CT molecular complexity index is 1080. The Kier molecular flexibility index (Phi) is 15.6. The normalized spacial score (nSPS) is 12.0. The van der Waals surface area contributed by atoms with Gasteiger partial charge in [-0.1, -0.05) is 0 Å². The summed E-state index contributed by atoms with van der Waals surface area (Å²) in [5.74, 6) is 0. The van der Waals surface area contributed by atoms with E-state index in [1.54, 1.807) is 14.3 Å². The van der Waals surface area contributed by atoms with Crippen LogP contribution in [0.15, 0.2) is 121 Å². The molecule has 4 aromatic carbocycles. The maximum atomic E-state index is 2.65. The van der Waals surface area contributed by atoms with Gasteiger partial charge in [-0.2, -0.15) is 0 Å². The quantitative estimate of drug-likeness (QED) is 0.0634. The molecule has 228 valence electrons. The molecule has 0 aromatic heterocycles. The predicted molar refractivity (Wildman–Crippen MR) is 200 cm³/mol. The molecular formula is C40H54SSn2. The molecule has 4 rings (SSSR count). The molecule has 0 N–H and O–H groups in total. The van der Waals surface area contributed by atoms with Crippen LogP contribution in [-0.4, -0.2) is 34.0 Å². The summed E-state index contributed by atoms with van der Waals surface area (Å²) in [5.41, 5.74) is 0. The van der Waals surface area contributed by atoms with Gasteiger partial charge in [0.25, 0.3) is 0 Å². The third-order valence-electron chi connectivity index (χ3n) is 9.07. The number of hydrogen-bond acceptors (Lipinski definition) is 1. The van der Waals surface area contributed by atoms with E-state index < -0.39 is 34.0 Å². The van der Waals surface area contributed by atoms with Crippen molar-refractivity contribution >= 4 is 54.4 Å². The van der Waals surface area contributed by atoms with Crippen molar-refractivity contribution in [2.45, 2.75) is 99.8 Å². The Morgan fingerprint density at radius 2 is 0.605 bits per heavy atom. The zero-order valence-corrected chi connectivity index (χ0v) is 33.4. The van der Waals surface area contributed by atoms with Crippen molar-refractivity contribution in [3.05, 3.63) is 121 Å². The molecule has 4 aromatic rings. The first-order valence-electron chi connectivity index (χ1n) is 17.2. The molecule has 0 spiro atoms. The van der Waals surface area contributed by atoms with Gasteiger partial charge in [0.15, 0.2) is 0 Å². The van der Waals surface area contributed by atoms with Crippen LogP contribution in [0.4, 0.5) is 0 Å². The molecule has 0 radical (unpaired) electrons. The van der Waals surface area contributed by atoms with Crippen LogP contribution in [0.25, 0.3) is 0 Å². The summed E-state index contributed by atoms with van der Waals surface area (Å²) in [6.07, 6.45) is 19.0. The molecular weight excluding hydrogens is 750 g/mol. The van der Waals surface area contributed by atoms with Crippen molar-refractivity contribution in [1.82, 2.24) is 0 Å². The molecule has 3 heteroatoms. The number of hydrogen-bond donors (Lipinski definition) is 0. The first kappa shape index (κ1) is 34.7. The van der Waals surface area contributed by atoms with Crippen LogP contribution < -0.4 is 14.3 Å². The predicted octanol–water partition coefficient (Wildman–Crippen LogP) is 9.96. The Hall–Kier alpha value is -1.17. The van der Waals surface area contributed by atoms with Gasteiger partial charge in [0.2, 0.25) is 0 Å². The molecule has 0 aliphatic heterocycles. The third-order valence-corrected chi connectivity index (χ3v) is 85.3. The van der Waals surface area contributed by atoms with Crippen LogP contribution in [0.1, 0.15) is 90.9 Å². The van der Waals surface area contributed by atoms with Crippen molar-refractivity contribution < 1.29 is 0 Å². The van der Waals surface area contributed by atoms with Crippen molar-refractivity contribution in [3.8, 4) is 0 Å². The van der Waals surface area contributed by atoms with Crippen LogP contribution >= 0.6 is 6.13 Å². The molecule has 0 aliphatic carbocycles. The van der Waals surface area contributed by atoms with Crippen molar-refractivity contribution in [3.63, 3.8) is 0 Å². The third kappa shape index (κ3) is 9.91. The van der Waals surface area contributed by atoms with Crippen molar-refractivity contribution in [2.24, 2.45) is 0 Å². The van der Waals surface area contributed by atoms with Crippen LogP contribution in [0.2, 0.25) is 8.87 Å². The minimum atomic E-state index is -3.27. The summed E-state index contributed by atoms with van der Waals surface area (Å²) >= 11 is -6.54. The monoisotopic (exact) mass is 806 g/mol. The average molecular weight is 804 g/mol. The van der Waals surface area contributed by atoms with Gasteiger partial charge < -0.3 is 0 Å². The number of unbranched alkanes of at least 4 members (excludes halogenated alkanes) is 10. The summed E-state index contributed by atoms with van der Waals surface area (Å²) in [7, 11) is 0. The molecule has 0 amide bonds. The Morgan fingerprint density at radius 1 is 0.349 bits per heavy atom. The summed E-state index contributed by atoms with van der Waals surface area (Å²) in [6, 6.07) is 47.6. The molecule has 0 heterocycles. The zero-order chi connectivity index (χ0) is 30.1. The standard InChI is InChI=1S/2C8H17.4C6H5.S.2Sn/c2*1-3-5-7-8-6-4-2;4*1-2-4-6-5-3-1;;;/h2*1,3-8H2,2H3;4*1-5H;;;. The molecule has 0 saturated heterocycles. The maximum absolute atomic E-state index is 3.27. The molecule has 0 fully saturated rings. The van der Waals surface area contributed by atoms with E-state index in [0.717, 1.165) is 0 Å². The first-order valence-corrected chi connectivity index (χ1v) is 34.7. The van der Waals surface area contributed by atoms with E-state index in [1.165, 1.54) is 85.9 Å². The van der Waals surface area contributed by atoms with E-state index >= 15 is 0 Å². The number of rotatable bonds is 20. The second kappa shape index (κ2) is 19.4. The van der Waals surface area contributed by atoms with Gasteiger partial charge in [0.1, 0.15) is 0 Å².